The zero-order valence-corrected chi connectivity index (χ0v) is 9.62. The van der Waals surface area contributed by atoms with Gasteiger partial charge in [0.1, 0.15) is 0 Å². The molecular formula is C10H20O5. The lowest BCUT2D eigenvalue weighted by Gasteiger charge is -2.18. The lowest BCUT2D eigenvalue weighted by molar-refractivity contribution is -0.150. The van der Waals surface area contributed by atoms with Gasteiger partial charge in [0.2, 0.25) is 0 Å². The van der Waals surface area contributed by atoms with Gasteiger partial charge in [0.25, 0.3) is 0 Å². The van der Waals surface area contributed by atoms with E-state index in [1.807, 2.05) is 0 Å². The molecule has 0 aromatic rings. The Morgan fingerprint density at radius 3 is 2.20 bits per heavy atom. The van der Waals surface area contributed by atoms with E-state index in [9.17, 15) is 4.79 Å². The molecule has 0 rings (SSSR count). The lowest BCUT2D eigenvalue weighted by atomic mass is 9.95. The van der Waals surface area contributed by atoms with E-state index < -0.39 is 11.4 Å². The number of carboxylic acid groups (broad SMARTS) is 1. The van der Waals surface area contributed by atoms with E-state index in [1.54, 1.807) is 21.0 Å². The molecule has 0 saturated heterocycles. The van der Waals surface area contributed by atoms with Gasteiger partial charge in [0, 0.05) is 7.11 Å². The second kappa shape index (κ2) is 7.62. The van der Waals surface area contributed by atoms with Gasteiger partial charge in [-0.25, -0.2) is 0 Å². The Balaban J connectivity index is 3.35. The van der Waals surface area contributed by atoms with Gasteiger partial charge in [-0.05, 0) is 13.8 Å². The minimum atomic E-state index is -0.859. The third-order valence-electron chi connectivity index (χ3n) is 1.85. The van der Waals surface area contributed by atoms with Gasteiger partial charge in [-0.2, -0.15) is 0 Å². The molecule has 0 radical (unpaired) electrons. The van der Waals surface area contributed by atoms with E-state index in [-0.39, 0.29) is 6.61 Å². The molecule has 90 valence electrons. The zero-order valence-electron chi connectivity index (χ0n) is 9.62. The fourth-order valence-corrected chi connectivity index (χ4v) is 0.751. The smallest absolute Gasteiger partial charge is 0.311 e. The molecular weight excluding hydrogens is 200 g/mol. The van der Waals surface area contributed by atoms with Crippen molar-refractivity contribution in [3.8, 4) is 0 Å². The minimum Gasteiger partial charge on any atom is -0.481 e. The number of carboxylic acids is 1. The molecule has 0 fully saturated rings. The number of methoxy groups -OCH3 is 1. The highest BCUT2D eigenvalue weighted by Gasteiger charge is 2.27. The maximum Gasteiger partial charge on any atom is 0.311 e. The summed E-state index contributed by atoms with van der Waals surface area (Å²) in [4.78, 5) is 10.7. The Bertz CT molecular complexity index is 179. The number of carbonyl (C=O) groups is 1. The normalized spacial score (nSPS) is 11.7. The summed E-state index contributed by atoms with van der Waals surface area (Å²) in [7, 11) is 1.61. The highest BCUT2D eigenvalue weighted by Crippen LogP contribution is 2.14. The molecule has 0 amide bonds. The zero-order chi connectivity index (χ0) is 11.7. The van der Waals surface area contributed by atoms with E-state index in [0.717, 1.165) is 0 Å². The standard InChI is InChI=1S/C10H20O5/c1-10(2,9(11)12)8-15-7-6-14-5-4-13-3/h4-8H2,1-3H3,(H,11,12). The van der Waals surface area contributed by atoms with Crippen LogP contribution in [0.4, 0.5) is 0 Å². The molecule has 0 aliphatic rings. The number of rotatable bonds is 9. The predicted molar refractivity (Wildman–Crippen MR) is 54.9 cm³/mol. The molecule has 5 nitrogen and oxygen atoms in total. The Kier molecular flexibility index (Phi) is 7.29. The minimum absolute atomic E-state index is 0.190. The van der Waals surface area contributed by atoms with Gasteiger partial charge in [-0.3, -0.25) is 4.79 Å². The van der Waals surface area contributed by atoms with E-state index in [0.29, 0.717) is 26.4 Å². The van der Waals surface area contributed by atoms with Crippen LogP contribution in [0.1, 0.15) is 13.8 Å². The highest BCUT2D eigenvalue weighted by molar-refractivity contribution is 5.73. The summed E-state index contributed by atoms with van der Waals surface area (Å²) in [5, 5.41) is 8.79. The van der Waals surface area contributed by atoms with Crippen LogP contribution in [0.3, 0.4) is 0 Å². The van der Waals surface area contributed by atoms with Crippen LogP contribution in [0.15, 0.2) is 0 Å². The van der Waals surface area contributed by atoms with Crippen molar-refractivity contribution in [2.45, 2.75) is 13.8 Å². The second-order valence-corrected chi connectivity index (χ2v) is 3.85. The number of hydrogen-bond acceptors (Lipinski definition) is 4. The fraction of sp³-hybridized carbons (Fsp3) is 0.900. The molecule has 5 heteroatoms. The molecule has 15 heavy (non-hydrogen) atoms. The summed E-state index contributed by atoms with van der Waals surface area (Å²) >= 11 is 0. The van der Waals surface area contributed by atoms with Crippen molar-refractivity contribution in [1.29, 1.82) is 0 Å². The monoisotopic (exact) mass is 220 g/mol. The van der Waals surface area contributed by atoms with Crippen LogP contribution in [0.2, 0.25) is 0 Å². The van der Waals surface area contributed by atoms with Gasteiger partial charge in [0.05, 0.1) is 38.4 Å². The number of aliphatic carboxylic acids is 1. The molecule has 0 heterocycles. The first-order chi connectivity index (χ1) is 7.00. The summed E-state index contributed by atoms with van der Waals surface area (Å²) in [6.07, 6.45) is 0. The van der Waals surface area contributed by atoms with Crippen LogP contribution < -0.4 is 0 Å². The first-order valence-corrected chi connectivity index (χ1v) is 4.88. The summed E-state index contributed by atoms with van der Waals surface area (Å²) < 4.78 is 15.1. The fourth-order valence-electron chi connectivity index (χ4n) is 0.751. The molecule has 0 atom stereocenters. The average molecular weight is 220 g/mol. The van der Waals surface area contributed by atoms with Crippen molar-refractivity contribution in [3.05, 3.63) is 0 Å². The van der Waals surface area contributed by atoms with Crippen LogP contribution in [0.25, 0.3) is 0 Å². The van der Waals surface area contributed by atoms with Gasteiger partial charge in [0.15, 0.2) is 0 Å². The maximum absolute atomic E-state index is 10.7. The Hall–Kier alpha value is -0.650. The quantitative estimate of drug-likeness (QED) is 0.582. The first-order valence-electron chi connectivity index (χ1n) is 4.88. The number of hydrogen-bond donors (Lipinski definition) is 1. The Morgan fingerprint density at radius 2 is 1.67 bits per heavy atom. The van der Waals surface area contributed by atoms with Gasteiger partial charge < -0.3 is 19.3 Å². The van der Waals surface area contributed by atoms with E-state index in [1.165, 1.54) is 0 Å². The SMILES string of the molecule is COCCOCCOCC(C)(C)C(=O)O. The summed E-state index contributed by atoms with van der Waals surface area (Å²) in [5.41, 5.74) is -0.841. The second-order valence-electron chi connectivity index (χ2n) is 3.85. The van der Waals surface area contributed by atoms with E-state index in [4.69, 9.17) is 19.3 Å². The molecule has 0 unspecified atom stereocenters. The molecule has 1 N–H and O–H groups in total. The highest BCUT2D eigenvalue weighted by atomic mass is 16.5. The van der Waals surface area contributed by atoms with Crippen molar-refractivity contribution in [2.75, 3.05) is 40.1 Å². The van der Waals surface area contributed by atoms with Crippen molar-refractivity contribution < 1.29 is 24.1 Å². The summed E-state index contributed by atoms with van der Waals surface area (Å²) in [6.45, 7) is 5.39. The van der Waals surface area contributed by atoms with Gasteiger partial charge in [-0.1, -0.05) is 0 Å². The van der Waals surface area contributed by atoms with Crippen LogP contribution in [-0.2, 0) is 19.0 Å². The summed E-state index contributed by atoms with van der Waals surface area (Å²) in [6, 6.07) is 0. The predicted octanol–water partition coefficient (Wildman–Crippen LogP) is 0.777. The first kappa shape index (κ1) is 14.3. The molecule has 0 saturated carbocycles. The van der Waals surface area contributed by atoms with Crippen molar-refractivity contribution in [3.63, 3.8) is 0 Å². The Labute approximate surface area is 90.3 Å². The molecule has 0 bridgehead atoms. The summed E-state index contributed by atoms with van der Waals surface area (Å²) in [5.74, 6) is -0.859. The van der Waals surface area contributed by atoms with Crippen LogP contribution >= 0.6 is 0 Å². The van der Waals surface area contributed by atoms with Gasteiger partial charge >= 0.3 is 5.97 Å². The van der Waals surface area contributed by atoms with Crippen LogP contribution in [0, 0.1) is 5.41 Å². The van der Waals surface area contributed by atoms with Crippen molar-refractivity contribution in [2.24, 2.45) is 5.41 Å². The third-order valence-corrected chi connectivity index (χ3v) is 1.85. The third kappa shape index (κ3) is 7.30. The largest absolute Gasteiger partial charge is 0.481 e. The molecule has 0 aromatic carbocycles. The Morgan fingerprint density at radius 1 is 1.13 bits per heavy atom. The van der Waals surface area contributed by atoms with Crippen LogP contribution in [-0.4, -0.2) is 51.2 Å². The average Bonchev–Trinajstić information content (AvgIpc) is 2.16. The van der Waals surface area contributed by atoms with E-state index in [2.05, 4.69) is 0 Å². The van der Waals surface area contributed by atoms with E-state index >= 15 is 0 Å². The van der Waals surface area contributed by atoms with Gasteiger partial charge in [-0.15, -0.1) is 0 Å². The molecule has 0 aliphatic carbocycles. The molecule has 0 aromatic heterocycles. The maximum atomic E-state index is 10.7. The van der Waals surface area contributed by atoms with Crippen molar-refractivity contribution >= 4 is 5.97 Å². The molecule has 0 aliphatic heterocycles. The topological polar surface area (TPSA) is 65.0 Å². The van der Waals surface area contributed by atoms with Crippen molar-refractivity contribution in [1.82, 2.24) is 0 Å². The number of ether oxygens (including phenoxy) is 3. The van der Waals surface area contributed by atoms with Crippen LogP contribution in [0.5, 0.6) is 0 Å². The lowest BCUT2D eigenvalue weighted by Crippen LogP contribution is -2.29. The molecule has 0 spiro atoms.